The molecule has 112 valence electrons. The van der Waals surface area contributed by atoms with Crippen molar-refractivity contribution in [3.05, 3.63) is 60.2 Å². The topological polar surface area (TPSA) is 36.7 Å². The molecule has 1 aromatic heterocycles. The number of halogens is 3. The Morgan fingerprint density at radius 2 is 1.95 bits per heavy atom. The van der Waals surface area contributed by atoms with Crippen LogP contribution in [0.25, 0.3) is 11.3 Å². The van der Waals surface area contributed by atoms with E-state index in [1.165, 1.54) is 0 Å². The predicted molar refractivity (Wildman–Crippen MR) is 80.3 cm³/mol. The normalized spacial score (nSPS) is 11.0. The largest absolute Gasteiger partial charge is 0.417 e. The molecule has 0 fully saturated rings. The van der Waals surface area contributed by atoms with Gasteiger partial charge in [0.2, 0.25) is 0 Å². The zero-order valence-corrected chi connectivity index (χ0v) is 12.2. The number of nitrogens with zero attached hydrogens (tertiary/aromatic N) is 2. The Morgan fingerprint density at radius 3 is 2.50 bits per heavy atom. The van der Waals surface area contributed by atoms with E-state index in [0.717, 1.165) is 17.8 Å². The average molecular weight is 320 g/mol. The molecule has 0 aliphatic heterocycles. The summed E-state index contributed by atoms with van der Waals surface area (Å²) < 4.78 is 39.7. The molecule has 1 heterocycles. The Bertz CT molecular complexity index is 719. The van der Waals surface area contributed by atoms with Crippen LogP contribution < -0.4 is 0 Å². The molecule has 2 rings (SSSR count). The SMILES string of the molecule is C=CCSc1nc(-c2ccccc2)cc(C(F)(F)F)c1C#N. The number of benzene rings is 1. The fourth-order valence-electron chi connectivity index (χ4n) is 1.85. The fraction of sp³-hybridized carbons (Fsp3) is 0.125. The van der Waals surface area contributed by atoms with Crippen molar-refractivity contribution >= 4 is 11.8 Å². The number of rotatable bonds is 4. The Hall–Kier alpha value is -2.26. The zero-order chi connectivity index (χ0) is 16.2. The molecule has 0 spiro atoms. The average Bonchev–Trinajstić information content (AvgIpc) is 2.51. The lowest BCUT2D eigenvalue weighted by atomic mass is 10.1. The number of pyridine rings is 1. The van der Waals surface area contributed by atoms with Crippen LogP contribution in [0.5, 0.6) is 0 Å². The van der Waals surface area contributed by atoms with Gasteiger partial charge in [-0.1, -0.05) is 36.4 Å². The third kappa shape index (κ3) is 3.49. The molecule has 0 aliphatic rings. The minimum absolute atomic E-state index is 0.0658. The molecule has 0 saturated carbocycles. The highest BCUT2D eigenvalue weighted by molar-refractivity contribution is 7.99. The van der Waals surface area contributed by atoms with Crippen molar-refractivity contribution in [3.63, 3.8) is 0 Å². The number of nitriles is 1. The van der Waals surface area contributed by atoms with Gasteiger partial charge in [0, 0.05) is 11.3 Å². The van der Waals surface area contributed by atoms with Crippen LogP contribution in [0, 0.1) is 11.3 Å². The highest BCUT2D eigenvalue weighted by Gasteiger charge is 2.36. The third-order valence-electron chi connectivity index (χ3n) is 2.81. The molecule has 0 saturated heterocycles. The van der Waals surface area contributed by atoms with Crippen LogP contribution in [-0.2, 0) is 6.18 Å². The van der Waals surface area contributed by atoms with Gasteiger partial charge in [-0.3, -0.25) is 0 Å². The Kier molecular flexibility index (Phi) is 4.88. The van der Waals surface area contributed by atoms with E-state index in [9.17, 15) is 13.2 Å². The van der Waals surface area contributed by atoms with Gasteiger partial charge < -0.3 is 0 Å². The Balaban J connectivity index is 2.67. The Labute approximate surface area is 130 Å². The zero-order valence-electron chi connectivity index (χ0n) is 11.4. The van der Waals surface area contributed by atoms with Crippen LogP contribution in [-0.4, -0.2) is 10.7 Å². The summed E-state index contributed by atoms with van der Waals surface area (Å²) in [6, 6.07) is 11.1. The summed E-state index contributed by atoms with van der Waals surface area (Å²) in [5, 5.41) is 9.16. The second-order valence-electron chi connectivity index (χ2n) is 4.31. The maximum atomic E-state index is 13.2. The summed E-state index contributed by atoms with van der Waals surface area (Å²) in [5.41, 5.74) is -0.647. The summed E-state index contributed by atoms with van der Waals surface area (Å²) in [6.07, 6.45) is -3.06. The van der Waals surface area contributed by atoms with Gasteiger partial charge in [-0.05, 0) is 6.07 Å². The van der Waals surface area contributed by atoms with E-state index in [2.05, 4.69) is 11.6 Å². The van der Waals surface area contributed by atoms with Crippen LogP contribution in [0.2, 0.25) is 0 Å². The molecule has 0 bridgehead atoms. The molecule has 0 aliphatic carbocycles. The first kappa shape index (κ1) is 16.1. The minimum Gasteiger partial charge on any atom is -0.240 e. The molecule has 22 heavy (non-hydrogen) atoms. The lowest BCUT2D eigenvalue weighted by Gasteiger charge is -2.13. The van der Waals surface area contributed by atoms with Crippen molar-refractivity contribution in [2.45, 2.75) is 11.2 Å². The van der Waals surface area contributed by atoms with Gasteiger partial charge in [0.1, 0.15) is 11.1 Å². The van der Waals surface area contributed by atoms with E-state index in [4.69, 9.17) is 5.26 Å². The van der Waals surface area contributed by atoms with Crippen LogP contribution >= 0.6 is 11.8 Å². The Morgan fingerprint density at radius 1 is 1.27 bits per heavy atom. The second-order valence-corrected chi connectivity index (χ2v) is 5.32. The lowest BCUT2D eigenvalue weighted by molar-refractivity contribution is -0.138. The minimum atomic E-state index is -4.61. The van der Waals surface area contributed by atoms with E-state index >= 15 is 0 Å². The summed E-state index contributed by atoms with van der Waals surface area (Å²) in [4.78, 5) is 4.22. The molecule has 1 aromatic carbocycles. The van der Waals surface area contributed by atoms with Gasteiger partial charge >= 0.3 is 6.18 Å². The monoisotopic (exact) mass is 320 g/mol. The first-order valence-electron chi connectivity index (χ1n) is 6.29. The van der Waals surface area contributed by atoms with Gasteiger partial charge in [0.05, 0.1) is 16.8 Å². The summed E-state index contributed by atoms with van der Waals surface area (Å²) in [6.45, 7) is 3.53. The summed E-state index contributed by atoms with van der Waals surface area (Å²) >= 11 is 1.06. The van der Waals surface area contributed by atoms with Crippen molar-refractivity contribution in [3.8, 4) is 17.3 Å². The molecular formula is C16H11F3N2S. The quantitative estimate of drug-likeness (QED) is 0.593. The number of thioether (sulfide) groups is 1. The number of hydrogen-bond acceptors (Lipinski definition) is 3. The van der Waals surface area contributed by atoms with E-state index in [1.807, 2.05) is 0 Å². The number of alkyl halides is 3. The summed E-state index contributed by atoms with van der Waals surface area (Å²) in [5.74, 6) is 0.372. The van der Waals surface area contributed by atoms with E-state index in [0.29, 0.717) is 11.3 Å². The molecule has 0 N–H and O–H groups in total. The molecule has 0 radical (unpaired) electrons. The van der Waals surface area contributed by atoms with Crippen molar-refractivity contribution in [2.24, 2.45) is 0 Å². The number of aromatic nitrogens is 1. The van der Waals surface area contributed by atoms with E-state index < -0.39 is 17.3 Å². The third-order valence-corrected chi connectivity index (χ3v) is 3.78. The number of hydrogen-bond donors (Lipinski definition) is 0. The highest BCUT2D eigenvalue weighted by atomic mass is 32.2. The van der Waals surface area contributed by atoms with Crippen molar-refractivity contribution in [1.29, 1.82) is 5.26 Å². The molecule has 0 unspecified atom stereocenters. The first-order valence-corrected chi connectivity index (χ1v) is 7.27. The maximum Gasteiger partial charge on any atom is 0.417 e. The molecular weight excluding hydrogens is 309 g/mol. The van der Waals surface area contributed by atoms with E-state index in [1.54, 1.807) is 42.5 Å². The smallest absolute Gasteiger partial charge is 0.240 e. The predicted octanol–water partition coefficient (Wildman–Crippen LogP) is 4.92. The lowest BCUT2D eigenvalue weighted by Crippen LogP contribution is -2.10. The molecule has 0 amide bonds. The van der Waals surface area contributed by atoms with Crippen molar-refractivity contribution < 1.29 is 13.2 Å². The van der Waals surface area contributed by atoms with Crippen LogP contribution in [0.4, 0.5) is 13.2 Å². The standard InChI is InChI=1S/C16H11F3N2S/c1-2-8-22-15-12(10-20)13(16(17,18)19)9-14(21-15)11-6-4-3-5-7-11/h2-7,9H,1,8H2. The molecule has 0 atom stereocenters. The van der Waals surface area contributed by atoms with Gasteiger partial charge in [-0.15, -0.1) is 18.3 Å². The highest BCUT2D eigenvalue weighted by Crippen LogP contribution is 2.37. The van der Waals surface area contributed by atoms with Crippen molar-refractivity contribution in [1.82, 2.24) is 4.98 Å². The van der Waals surface area contributed by atoms with Gasteiger partial charge in [-0.25, -0.2) is 4.98 Å². The maximum absolute atomic E-state index is 13.2. The van der Waals surface area contributed by atoms with E-state index in [-0.39, 0.29) is 10.7 Å². The molecule has 2 nitrogen and oxygen atoms in total. The molecule has 6 heteroatoms. The molecule has 2 aromatic rings. The van der Waals surface area contributed by atoms with Crippen LogP contribution in [0.15, 0.2) is 54.1 Å². The van der Waals surface area contributed by atoms with Crippen LogP contribution in [0.3, 0.4) is 0 Å². The first-order chi connectivity index (χ1) is 10.5. The second kappa shape index (κ2) is 6.67. The van der Waals surface area contributed by atoms with Crippen LogP contribution in [0.1, 0.15) is 11.1 Å². The van der Waals surface area contributed by atoms with Crippen molar-refractivity contribution in [2.75, 3.05) is 5.75 Å². The van der Waals surface area contributed by atoms with Gasteiger partial charge in [0.15, 0.2) is 0 Å². The summed E-state index contributed by atoms with van der Waals surface area (Å²) in [7, 11) is 0. The van der Waals surface area contributed by atoms with Gasteiger partial charge in [-0.2, -0.15) is 18.4 Å². The fourth-order valence-corrected chi connectivity index (χ4v) is 2.59. The van der Waals surface area contributed by atoms with Gasteiger partial charge in [0.25, 0.3) is 0 Å².